The molecule has 2 aliphatic rings. The highest BCUT2D eigenvalue weighted by atomic mass is 35.5. The molecule has 1 aromatic rings. The Labute approximate surface area is 148 Å². The van der Waals surface area contributed by atoms with Gasteiger partial charge in [-0.1, -0.05) is 23.7 Å². The lowest BCUT2D eigenvalue weighted by atomic mass is 10.0. The van der Waals surface area contributed by atoms with Crippen molar-refractivity contribution in [3.8, 4) is 0 Å². The summed E-state index contributed by atoms with van der Waals surface area (Å²) in [6.45, 7) is 4.34. The molecule has 1 N–H and O–H groups in total. The molecule has 2 aliphatic heterocycles. The van der Waals surface area contributed by atoms with Crippen molar-refractivity contribution in [2.75, 3.05) is 39.4 Å². The van der Waals surface area contributed by atoms with Gasteiger partial charge in [0.1, 0.15) is 0 Å². The fraction of sp³-hybridized carbons (Fsp3) is 0.611. The van der Waals surface area contributed by atoms with E-state index in [9.17, 15) is 4.79 Å². The Bertz CT molecular complexity index is 551. The Morgan fingerprint density at radius 2 is 1.96 bits per heavy atom. The molecule has 132 valence electrons. The highest BCUT2D eigenvalue weighted by Crippen LogP contribution is 2.31. The van der Waals surface area contributed by atoms with Crippen molar-refractivity contribution in [2.24, 2.45) is 0 Å². The Balaban J connectivity index is 1.30. The summed E-state index contributed by atoms with van der Waals surface area (Å²) in [5, 5.41) is 4.10. The van der Waals surface area contributed by atoms with Gasteiger partial charge in [-0.3, -0.25) is 4.79 Å². The molecular formula is C18H25ClN2O3. The van der Waals surface area contributed by atoms with Crippen LogP contribution in [0.25, 0.3) is 0 Å². The fourth-order valence-electron chi connectivity index (χ4n) is 3.29. The summed E-state index contributed by atoms with van der Waals surface area (Å²) in [4.78, 5) is 14.2. The second-order valence-electron chi connectivity index (χ2n) is 6.37. The van der Waals surface area contributed by atoms with Crippen LogP contribution in [-0.4, -0.2) is 56.0 Å². The van der Waals surface area contributed by atoms with Crippen molar-refractivity contribution in [1.82, 2.24) is 10.2 Å². The first-order valence-corrected chi connectivity index (χ1v) is 9.06. The molecule has 5 nitrogen and oxygen atoms in total. The lowest BCUT2D eigenvalue weighted by molar-refractivity contribution is -0.187. The van der Waals surface area contributed by atoms with E-state index in [-0.39, 0.29) is 5.91 Å². The Hall–Kier alpha value is -1.14. The molecule has 0 unspecified atom stereocenters. The van der Waals surface area contributed by atoms with E-state index in [0.29, 0.717) is 26.2 Å². The van der Waals surface area contributed by atoms with E-state index in [1.807, 2.05) is 23.1 Å². The highest BCUT2D eigenvalue weighted by molar-refractivity contribution is 6.30. The number of ether oxygens (including phenoxy) is 2. The zero-order valence-electron chi connectivity index (χ0n) is 13.9. The standard InChI is InChI=1S/C18H25ClN2O3/c19-16-3-1-2-15(14-16)4-8-20-9-5-17(22)21-10-6-18(7-11-21)23-12-13-24-18/h1-3,14,20H,4-13H2. The van der Waals surface area contributed by atoms with Gasteiger partial charge in [-0.05, 0) is 30.7 Å². The lowest BCUT2D eigenvalue weighted by Crippen LogP contribution is -2.47. The number of nitrogens with one attached hydrogen (secondary N) is 1. The maximum atomic E-state index is 12.3. The van der Waals surface area contributed by atoms with Gasteiger partial charge in [0, 0.05) is 43.9 Å². The molecule has 0 radical (unpaired) electrons. The van der Waals surface area contributed by atoms with Crippen molar-refractivity contribution in [3.05, 3.63) is 34.9 Å². The van der Waals surface area contributed by atoms with Crippen molar-refractivity contribution in [1.29, 1.82) is 0 Å². The summed E-state index contributed by atoms with van der Waals surface area (Å²) in [5.74, 6) is -0.204. The number of carbonyl (C=O) groups excluding carboxylic acids is 1. The summed E-state index contributed by atoms with van der Waals surface area (Å²) in [5.41, 5.74) is 1.21. The first-order valence-electron chi connectivity index (χ1n) is 8.68. The van der Waals surface area contributed by atoms with Gasteiger partial charge in [0.2, 0.25) is 5.91 Å². The third-order valence-electron chi connectivity index (χ3n) is 4.69. The van der Waals surface area contributed by atoms with Gasteiger partial charge in [0.05, 0.1) is 13.2 Å². The summed E-state index contributed by atoms with van der Waals surface area (Å²) >= 11 is 5.97. The van der Waals surface area contributed by atoms with Crippen LogP contribution in [-0.2, 0) is 20.7 Å². The van der Waals surface area contributed by atoms with Crippen molar-refractivity contribution in [3.63, 3.8) is 0 Å². The second kappa shape index (κ2) is 8.30. The van der Waals surface area contributed by atoms with Crippen LogP contribution in [0, 0.1) is 0 Å². The van der Waals surface area contributed by atoms with Crippen LogP contribution < -0.4 is 5.32 Å². The molecular weight excluding hydrogens is 328 g/mol. The minimum absolute atomic E-state index is 0.207. The van der Waals surface area contributed by atoms with Crippen LogP contribution in [0.4, 0.5) is 0 Å². The molecule has 2 heterocycles. The van der Waals surface area contributed by atoms with E-state index in [0.717, 1.165) is 43.9 Å². The number of amides is 1. The van der Waals surface area contributed by atoms with E-state index in [4.69, 9.17) is 21.1 Å². The Morgan fingerprint density at radius 1 is 1.21 bits per heavy atom. The highest BCUT2D eigenvalue weighted by Gasteiger charge is 2.40. The van der Waals surface area contributed by atoms with Crippen molar-refractivity contribution in [2.45, 2.75) is 31.5 Å². The molecule has 2 saturated heterocycles. The third kappa shape index (κ3) is 4.70. The number of hydrogen-bond donors (Lipinski definition) is 1. The summed E-state index contributed by atoms with van der Waals surface area (Å²) in [6, 6.07) is 7.88. The molecule has 0 aromatic heterocycles. The topological polar surface area (TPSA) is 50.8 Å². The Kier molecular flexibility index (Phi) is 6.11. The summed E-state index contributed by atoms with van der Waals surface area (Å²) in [6.07, 6.45) is 3.00. The number of carbonyl (C=O) groups is 1. The van der Waals surface area contributed by atoms with Crippen molar-refractivity contribution < 1.29 is 14.3 Å². The maximum absolute atomic E-state index is 12.3. The fourth-order valence-corrected chi connectivity index (χ4v) is 3.50. The monoisotopic (exact) mass is 352 g/mol. The predicted molar refractivity (Wildman–Crippen MR) is 93.1 cm³/mol. The number of piperidine rings is 1. The van der Waals surface area contributed by atoms with Gasteiger partial charge in [-0.25, -0.2) is 0 Å². The quantitative estimate of drug-likeness (QED) is 0.798. The van der Waals surface area contributed by atoms with Gasteiger partial charge in [-0.15, -0.1) is 0 Å². The smallest absolute Gasteiger partial charge is 0.223 e. The molecule has 1 spiro atoms. The van der Waals surface area contributed by atoms with Crippen LogP contribution in [0.2, 0.25) is 5.02 Å². The van der Waals surface area contributed by atoms with Crippen molar-refractivity contribution >= 4 is 17.5 Å². The van der Waals surface area contributed by atoms with Crippen LogP contribution in [0.3, 0.4) is 0 Å². The minimum atomic E-state index is -0.411. The number of nitrogens with zero attached hydrogens (tertiary/aromatic N) is 1. The predicted octanol–water partition coefficient (Wildman–Crippen LogP) is 2.23. The molecule has 0 atom stereocenters. The van der Waals surface area contributed by atoms with E-state index in [2.05, 4.69) is 11.4 Å². The first-order chi connectivity index (χ1) is 11.7. The number of rotatable bonds is 6. The van der Waals surface area contributed by atoms with Gasteiger partial charge in [0.15, 0.2) is 5.79 Å². The van der Waals surface area contributed by atoms with Crippen LogP contribution in [0.1, 0.15) is 24.8 Å². The van der Waals surface area contributed by atoms with Gasteiger partial charge in [-0.2, -0.15) is 0 Å². The molecule has 0 saturated carbocycles. The average Bonchev–Trinajstić information content (AvgIpc) is 3.03. The first kappa shape index (κ1) is 17.7. The third-order valence-corrected chi connectivity index (χ3v) is 4.92. The van der Waals surface area contributed by atoms with E-state index < -0.39 is 5.79 Å². The molecule has 1 aromatic carbocycles. The normalized spacial score (nSPS) is 19.8. The van der Waals surface area contributed by atoms with E-state index in [1.165, 1.54) is 5.56 Å². The van der Waals surface area contributed by atoms with Crippen LogP contribution in [0.5, 0.6) is 0 Å². The van der Waals surface area contributed by atoms with Gasteiger partial charge in [0.25, 0.3) is 0 Å². The van der Waals surface area contributed by atoms with Gasteiger partial charge >= 0.3 is 0 Å². The summed E-state index contributed by atoms with van der Waals surface area (Å²) < 4.78 is 11.4. The number of hydrogen-bond acceptors (Lipinski definition) is 4. The number of likely N-dealkylation sites (tertiary alicyclic amines) is 1. The average molecular weight is 353 g/mol. The zero-order valence-corrected chi connectivity index (χ0v) is 14.7. The largest absolute Gasteiger partial charge is 0.347 e. The summed E-state index contributed by atoms with van der Waals surface area (Å²) in [7, 11) is 0. The van der Waals surface area contributed by atoms with Gasteiger partial charge < -0.3 is 19.7 Å². The SMILES string of the molecule is O=C(CCNCCc1cccc(Cl)c1)N1CCC2(CC1)OCCO2. The minimum Gasteiger partial charge on any atom is -0.347 e. The van der Waals surface area contributed by atoms with Crippen LogP contribution >= 0.6 is 11.6 Å². The molecule has 0 bridgehead atoms. The number of benzene rings is 1. The molecule has 3 rings (SSSR count). The Morgan fingerprint density at radius 3 is 2.67 bits per heavy atom. The van der Waals surface area contributed by atoms with E-state index in [1.54, 1.807) is 0 Å². The number of halogens is 1. The van der Waals surface area contributed by atoms with E-state index >= 15 is 0 Å². The molecule has 1 amide bonds. The second-order valence-corrected chi connectivity index (χ2v) is 6.80. The maximum Gasteiger partial charge on any atom is 0.223 e. The molecule has 6 heteroatoms. The molecule has 2 fully saturated rings. The van der Waals surface area contributed by atoms with Crippen LogP contribution in [0.15, 0.2) is 24.3 Å². The molecule has 24 heavy (non-hydrogen) atoms. The lowest BCUT2D eigenvalue weighted by Gasteiger charge is -2.37. The zero-order chi connectivity index (χ0) is 16.8. The molecule has 0 aliphatic carbocycles.